The zero-order valence-electron chi connectivity index (χ0n) is 16.8. The Morgan fingerprint density at radius 3 is 2.45 bits per heavy atom. The minimum atomic E-state index is -0.338. The van der Waals surface area contributed by atoms with Crippen molar-refractivity contribution in [2.75, 3.05) is 27.3 Å². The molecule has 7 heteroatoms. The first-order valence-corrected chi connectivity index (χ1v) is 9.65. The molecular formula is C22H24N2O5. The summed E-state index contributed by atoms with van der Waals surface area (Å²) in [6, 6.07) is 10.9. The molecule has 152 valence electrons. The number of likely N-dealkylation sites (tertiary alicyclic amines) is 1. The van der Waals surface area contributed by atoms with Crippen LogP contribution in [0.4, 0.5) is 0 Å². The van der Waals surface area contributed by atoms with Gasteiger partial charge in [0.25, 0.3) is 5.91 Å². The number of hydrogen-bond donors (Lipinski definition) is 0. The summed E-state index contributed by atoms with van der Waals surface area (Å²) in [6.07, 6.45) is 1.39. The molecule has 1 saturated heterocycles. The molecule has 2 aromatic carbocycles. The topological polar surface area (TPSA) is 73.9 Å². The van der Waals surface area contributed by atoms with Crippen molar-refractivity contribution < 1.29 is 18.7 Å². The van der Waals surface area contributed by atoms with Crippen molar-refractivity contribution in [3.63, 3.8) is 0 Å². The fourth-order valence-electron chi connectivity index (χ4n) is 3.97. The van der Waals surface area contributed by atoms with Crippen LogP contribution in [-0.2, 0) is 0 Å². The monoisotopic (exact) mass is 396 g/mol. The number of hydrogen-bond acceptors (Lipinski definition) is 5. The molecule has 0 N–H and O–H groups in total. The van der Waals surface area contributed by atoms with E-state index in [0.29, 0.717) is 48.6 Å². The molecule has 1 aliphatic heterocycles. The van der Waals surface area contributed by atoms with Crippen LogP contribution >= 0.6 is 0 Å². The first-order valence-electron chi connectivity index (χ1n) is 9.65. The zero-order valence-corrected chi connectivity index (χ0v) is 16.8. The third-order valence-corrected chi connectivity index (χ3v) is 5.52. The predicted molar refractivity (Wildman–Crippen MR) is 109 cm³/mol. The number of carbonyl (C=O) groups excluding carboxylic acids is 1. The van der Waals surface area contributed by atoms with E-state index in [4.69, 9.17) is 13.9 Å². The predicted octanol–water partition coefficient (Wildman–Crippen LogP) is 3.40. The first kappa shape index (κ1) is 19.1. The Kier molecular flexibility index (Phi) is 5.05. The summed E-state index contributed by atoms with van der Waals surface area (Å²) in [6.45, 7) is 3.14. The maximum atomic E-state index is 12.9. The molecule has 0 radical (unpaired) electrons. The first-order chi connectivity index (χ1) is 14.0. The van der Waals surface area contributed by atoms with Gasteiger partial charge in [-0.15, -0.1) is 0 Å². The molecule has 3 aromatic rings. The molecule has 0 unspecified atom stereocenters. The number of carbonyl (C=O) groups is 1. The van der Waals surface area contributed by atoms with Crippen molar-refractivity contribution in [2.24, 2.45) is 0 Å². The number of ether oxygens (including phenoxy) is 2. The molecule has 2 heterocycles. The van der Waals surface area contributed by atoms with Crippen LogP contribution in [0.3, 0.4) is 0 Å². The quantitative estimate of drug-likeness (QED) is 0.676. The van der Waals surface area contributed by atoms with Gasteiger partial charge in [0, 0.05) is 24.7 Å². The third kappa shape index (κ3) is 3.48. The second kappa shape index (κ2) is 7.66. The summed E-state index contributed by atoms with van der Waals surface area (Å²) >= 11 is 0. The van der Waals surface area contributed by atoms with Crippen molar-refractivity contribution >= 4 is 17.0 Å². The van der Waals surface area contributed by atoms with E-state index in [0.717, 1.165) is 11.1 Å². The lowest BCUT2D eigenvalue weighted by molar-refractivity contribution is 0.0693. The van der Waals surface area contributed by atoms with Crippen molar-refractivity contribution in [1.82, 2.24) is 9.47 Å². The highest BCUT2D eigenvalue weighted by molar-refractivity contribution is 5.95. The van der Waals surface area contributed by atoms with Crippen LogP contribution < -0.4 is 15.2 Å². The van der Waals surface area contributed by atoms with E-state index >= 15 is 0 Å². The van der Waals surface area contributed by atoms with E-state index in [1.807, 2.05) is 30.0 Å². The summed E-state index contributed by atoms with van der Waals surface area (Å²) in [7, 11) is 3.11. The van der Waals surface area contributed by atoms with E-state index in [9.17, 15) is 9.59 Å². The van der Waals surface area contributed by atoms with Crippen molar-refractivity contribution in [1.29, 1.82) is 0 Å². The summed E-state index contributed by atoms with van der Waals surface area (Å²) in [5.41, 5.74) is 3.06. The minimum absolute atomic E-state index is 0.0139. The van der Waals surface area contributed by atoms with Gasteiger partial charge in [-0.2, -0.15) is 0 Å². The fourth-order valence-corrected chi connectivity index (χ4v) is 3.97. The van der Waals surface area contributed by atoms with E-state index < -0.39 is 0 Å². The highest BCUT2D eigenvalue weighted by atomic mass is 16.5. The van der Waals surface area contributed by atoms with Crippen LogP contribution in [-0.4, -0.2) is 42.7 Å². The molecule has 1 aromatic heterocycles. The average molecular weight is 396 g/mol. The highest BCUT2D eigenvalue weighted by Crippen LogP contribution is 2.30. The SMILES string of the molecule is COc1ccc(C(=O)N2CCC(n3c(=O)oc4ccc(C)cc43)CC2)cc1OC. The van der Waals surface area contributed by atoms with Crippen molar-refractivity contribution in [2.45, 2.75) is 25.8 Å². The molecule has 0 saturated carbocycles. The van der Waals surface area contributed by atoms with Crippen molar-refractivity contribution in [3.05, 3.63) is 58.1 Å². The highest BCUT2D eigenvalue weighted by Gasteiger charge is 2.27. The minimum Gasteiger partial charge on any atom is -0.493 e. The molecule has 1 aliphatic rings. The molecule has 0 atom stereocenters. The van der Waals surface area contributed by atoms with Crippen LogP contribution in [0.15, 0.2) is 45.6 Å². The number of amides is 1. The Bertz CT molecular complexity index is 1110. The number of benzene rings is 2. The average Bonchev–Trinajstić information content (AvgIpc) is 3.07. The Hall–Kier alpha value is -3.22. The Morgan fingerprint density at radius 2 is 1.76 bits per heavy atom. The third-order valence-electron chi connectivity index (χ3n) is 5.52. The van der Waals surface area contributed by atoms with Gasteiger partial charge >= 0.3 is 5.76 Å². The van der Waals surface area contributed by atoms with Gasteiger partial charge in [0.1, 0.15) is 0 Å². The number of aryl methyl sites for hydroxylation is 1. The Morgan fingerprint density at radius 1 is 1.03 bits per heavy atom. The van der Waals surface area contributed by atoms with Gasteiger partial charge in [0.2, 0.25) is 0 Å². The molecular weight excluding hydrogens is 372 g/mol. The molecule has 0 aliphatic carbocycles. The van der Waals surface area contributed by atoms with E-state index in [1.165, 1.54) is 0 Å². The molecule has 1 fully saturated rings. The number of oxazole rings is 1. The van der Waals surface area contributed by atoms with Crippen molar-refractivity contribution in [3.8, 4) is 11.5 Å². The van der Waals surface area contributed by atoms with Gasteiger partial charge in [0.05, 0.1) is 19.7 Å². The molecule has 0 bridgehead atoms. The van der Waals surface area contributed by atoms with Crippen LogP contribution in [0.25, 0.3) is 11.1 Å². The molecule has 4 rings (SSSR count). The maximum Gasteiger partial charge on any atom is 0.420 e. The van der Waals surface area contributed by atoms with Gasteiger partial charge in [-0.05, 0) is 55.7 Å². The Balaban J connectivity index is 1.51. The van der Waals surface area contributed by atoms with E-state index in [1.54, 1.807) is 37.0 Å². The van der Waals surface area contributed by atoms with Crippen LogP contribution in [0.2, 0.25) is 0 Å². The smallest absolute Gasteiger partial charge is 0.420 e. The van der Waals surface area contributed by atoms with Gasteiger partial charge in [-0.25, -0.2) is 4.79 Å². The molecule has 0 spiro atoms. The van der Waals surface area contributed by atoms with E-state index in [-0.39, 0.29) is 17.7 Å². The summed E-state index contributed by atoms with van der Waals surface area (Å²) in [4.78, 5) is 27.1. The lowest BCUT2D eigenvalue weighted by Crippen LogP contribution is -2.40. The number of fused-ring (bicyclic) bond motifs is 1. The number of methoxy groups -OCH3 is 2. The number of aromatic nitrogens is 1. The zero-order chi connectivity index (χ0) is 20.5. The van der Waals surface area contributed by atoms with Crippen LogP contribution in [0.1, 0.15) is 34.8 Å². The normalized spacial score (nSPS) is 14.9. The maximum absolute atomic E-state index is 12.9. The van der Waals surface area contributed by atoms with E-state index in [2.05, 4.69) is 0 Å². The summed E-state index contributed by atoms with van der Waals surface area (Å²) in [5.74, 6) is 0.726. The Labute approximate surface area is 168 Å². The molecule has 29 heavy (non-hydrogen) atoms. The number of rotatable bonds is 4. The number of nitrogens with zero attached hydrogens (tertiary/aromatic N) is 2. The fraction of sp³-hybridized carbons (Fsp3) is 0.364. The van der Waals surface area contributed by atoms with Gasteiger partial charge in [-0.1, -0.05) is 6.07 Å². The lowest BCUT2D eigenvalue weighted by Gasteiger charge is -2.32. The lowest BCUT2D eigenvalue weighted by atomic mass is 10.0. The largest absolute Gasteiger partial charge is 0.493 e. The summed E-state index contributed by atoms with van der Waals surface area (Å²) < 4.78 is 17.7. The van der Waals surface area contributed by atoms with Gasteiger partial charge < -0.3 is 18.8 Å². The summed E-state index contributed by atoms with van der Waals surface area (Å²) in [5, 5.41) is 0. The van der Waals surface area contributed by atoms with Gasteiger partial charge in [0.15, 0.2) is 17.1 Å². The van der Waals surface area contributed by atoms with Gasteiger partial charge in [-0.3, -0.25) is 9.36 Å². The second-order valence-corrected chi connectivity index (χ2v) is 7.30. The standard InChI is InChI=1S/C22H24N2O5/c1-14-4-6-18-17(12-14)24(22(26)29-18)16-8-10-23(11-9-16)21(25)15-5-7-19(27-2)20(13-15)28-3/h4-7,12-13,16H,8-11H2,1-3H3. The van der Waals surface area contributed by atoms with Crippen LogP contribution in [0, 0.1) is 6.92 Å². The van der Waals surface area contributed by atoms with Crippen LogP contribution in [0.5, 0.6) is 11.5 Å². The molecule has 7 nitrogen and oxygen atoms in total. The second-order valence-electron chi connectivity index (χ2n) is 7.30. The molecule has 1 amide bonds. The number of piperidine rings is 1.